The number of aromatic nitrogens is 1. The predicted octanol–water partition coefficient (Wildman–Crippen LogP) is 1.31. The first-order valence-corrected chi connectivity index (χ1v) is 8.00. The van der Waals surface area contributed by atoms with Crippen LogP contribution in [0.1, 0.15) is 0 Å². The Morgan fingerprint density at radius 2 is 1.89 bits per heavy atom. The van der Waals surface area contributed by atoms with Crippen LogP contribution in [0.4, 0.5) is 0 Å². The molecule has 0 saturated carbocycles. The first-order chi connectivity index (χ1) is 8.68. The molecule has 2 heterocycles. The normalized spacial score (nSPS) is 17.3. The molecule has 1 aromatic heterocycles. The number of fused-ring (bicyclic) bond motifs is 1. The Kier molecular flexibility index (Phi) is 4.42. The lowest BCUT2D eigenvalue weighted by Crippen LogP contribution is -2.46. The highest BCUT2D eigenvalue weighted by Crippen LogP contribution is 2.27. The molecule has 0 radical (unpaired) electrons. The third-order valence-corrected chi connectivity index (χ3v) is 6.20. The van der Waals surface area contributed by atoms with E-state index in [4.69, 9.17) is 0 Å². The Morgan fingerprint density at radius 3 is 2.58 bits per heavy atom. The van der Waals surface area contributed by atoms with E-state index in [2.05, 4.69) is 10.3 Å². The van der Waals surface area contributed by atoms with E-state index < -0.39 is 10.0 Å². The van der Waals surface area contributed by atoms with Gasteiger partial charge in [-0.15, -0.1) is 23.7 Å². The van der Waals surface area contributed by atoms with Crippen molar-refractivity contribution in [2.24, 2.45) is 0 Å². The Labute approximate surface area is 122 Å². The number of piperazine rings is 1. The SMILES string of the molecule is Cl.O=S(=O)(c1nc2ccccc2s1)N1CCNCC1. The average Bonchev–Trinajstić information content (AvgIpc) is 2.84. The van der Waals surface area contributed by atoms with Gasteiger partial charge >= 0.3 is 0 Å². The summed E-state index contributed by atoms with van der Waals surface area (Å²) in [4.78, 5) is 4.23. The summed E-state index contributed by atoms with van der Waals surface area (Å²) >= 11 is 1.24. The van der Waals surface area contributed by atoms with Crippen molar-refractivity contribution >= 4 is 44.0 Å². The maximum Gasteiger partial charge on any atom is 0.270 e. The van der Waals surface area contributed by atoms with E-state index in [1.165, 1.54) is 15.6 Å². The molecule has 1 N–H and O–H groups in total. The minimum absolute atomic E-state index is 0. The molecule has 0 aliphatic carbocycles. The first-order valence-electron chi connectivity index (χ1n) is 5.74. The maximum atomic E-state index is 12.4. The molecule has 2 aromatic rings. The van der Waals surface area contributed by atoms with E-state index in [1.54, 1.807) is 0 Å². The second kappa shape index (κ2) is 5.72. The number of halogens is 1. The lowest BCUT2D eigenvalue weighted by atomic mass is 10.3. The molecule has 19 heavy (non-hydrogen) atoms. The number of para-hydroxylation sites is 1. The fourth-order valence-electron chi connectivity index (χ4n) is 1.96. The van der Waals surface area contributed by atoms with Crippen LogP contribution in [0.2, 0.25) is 0 Å². The summed E-state index contributed by atoms with van der Waals surface area (Å²) in [6.07, 6.45) is 0. The molecular formula is C11H14ClN3O2S2. The molecule has 0 bridgehead atoms. The van der Waals surface area contributed by atoms with Crippen LogP contribution in [0.25, 0.3) is 10.2 Å². The van der Waals surface area contributed by atoms with E-state index in [1.807, 2.05) is 24.3 Å². The van der Waals surface area contributed by atoms with Gasteiger partial charge in [0.1, 0.15) is 0 Å². The van der Waals surface area contributed by atoms with Crippen molar-refractivity contribution in [2.75, 3.05) is 26.2 Å². The standard InChI is InChI=1S/C11H13N3O2S2.ClH/c15-18(16,14-7-5-12-6-8-14)11-13-9-3-1-2-4-10(9)17-11;/h1-4,12H,5-8H2;1H. The Hall–Kier alpha value is -0.730. The van der Waals surface area contributed by atoms with Gasteiger partial charge in [0.2, 0.25) is 4.34 Å². The molecule has 1 aliphatic heterocycles. The van der Waals surface area contributed by atoms with Gasteiger partial charge in [-0.3, -0.25) is 0 Å². The first kappa shape index (κ1) is 14.7. The minimum atomic E-state index is -3.42. The average molecular weight is 320 g/mol. The third-order valence-electron chi connectivity index (χ3n) is 2.91. The molecule has 1 aliphatic rings. The van der Waals surface area contributed by atoms with Crippen LogP contribution in [0.15, 0.2) is 28.6 Å². The van der Waals surface area contributed by atoms with Crippen molar-refractivity contribution < 1.29 is 8.42 Å². The number of hydrogen-bond donors (Lipinski definition) is 1. The molecule has 1 fully saturated rings. The molecule has 0 unspecified atom stereocenters. The number of sulfonamides is 1. The van der Waals surface area contributed by atoms with Crippen LogP contribution in [0, 0.1) is 0 Å². The molecule has 104 valence electrons. The second-order valence-corrected chi connectivity index (χ2v) is 7.24. The maximum absolute atomic E-state index is 12.4. The highest BCUT2D eigenvalue weighted by atomic mass is 35.5. The molecule has 3 rings (SSSR count). The predicted molar refractivity (Wildman–Crippen MR) is 78.5 cm³/mol. The zero-order valence-corrected chi connectivity index (χ0v) is 12.5. The smallest absolute Gasteiger partial charge is 0.270 e. The fraction of sp³-hybridized carbons (Fsp3) is 0.364. The van der Waals surface area contributed by atoms with Crippen molar-refractivity contribution in [3.8, 4) is 0 Å². The third kappa shape index (κ3) is 2.75. The van der Waals surface area contributed by atoms with Crippen LogP contribution < -0.4 is 5.32 Å². The number of rotatable bonds is 2. The molecule has 0 amide bonds. The van der Waals surface area contributed by atoms with E-state index in [0.29, 0.717) is 26.2 Å². The second-order valence-electron chi connectivity index (χ2n) is 4.10. The number of thiazole rings is 1. The fourth-order valence-corrected chi connectivity index (χ4v) is 4.76. The summed E-state index contributed by atoms with van der Waals surface area (Å²) in [5.74, 6) is 0. The topological polar surface area (TPSA) is 62.3 Å². The van der Waals surface area contributed by atoms with E-state index >= 15 is 0 Å². The van der Waals surface area contributed by atoms with Crippen LogP contribution in [-0.4, -0.2) is 43.9 Å². The van der Waals surface area contributed by atoms with Gasteiger partial charge in [0.25, 0.3) is 10.0 Å². The van der Waals surface area contributed by atoms with Gasteiger partial charge in [0.05, 0.1) is 10.2 Å². The molecule has 0 spiro atoms. The summed E-state index contributed by atoms with van der Waals surface area (Å²) in [5.41, 5.74) is 0.746. The van der Waals surface area contributed by atoms with E-state index in [-0.39, 0.29) is 16.7 Å². The summed E-state index contributed by atoms with van der Waals surface area (Å²) in [6, 6.07) is 7.48. The van der Waals surface area contributed by atoms with E-state index in [9.17, 15) is 8.42 Å². The minimum Gasteiger partial charge on any atom is -0.314 e. The van der Waals surface area contributed by atoms with Gasteiger partial charge < -0.3 is 5.32 Å². The van der Waals surface area contributed by atoms with Crippen molar-refractivity contribution in [3.63, 3.8) is 0 Å². The molecule has 1 saturated heterocycles. The van der Waals surface area contributed by atoms with Gasteiger partial charge in [0, 0.05) is 26.2 Å². The van der Waals surface area contributed by atoms with Gasteiger partial charge in [-0.05, 0) is 12.1 Å². The van der Waals surface area contributed by atoms with Gasteiger partial charge in [-0.25, -0.2) is 13.4 Å². The van der Waals surface area contributed by atoms with Crippen LogP contribution in [0.5, 0.6) is 0 Å². The highest BCUT2D eigenvalue weighted by Gasteiger charge is 2.28. The number of nitrogens with zero attached hydrogens (tertiary/aromatic N) is 2. The summed E-state index contributed by atoms with van der Waals surface area (Å²) < 4.78 is 27.4. The zero-order chi connectivity index (χ0) is 12.6. The molecule has 0 atom stereocenters. The monoisotopic (exact) mass is 319 g/mol. The molecule has 1 aromatic carbocycles. The Morgan fingerprint density at radius 1 is 1.21 bits per heavy atom. The Bertz CT molecular complexity index is 632. The molecule has 5 nitrogen and oxygen atoms in total. The largest absolute Gasteiger partial charge is 0.314 e. The Balaban J connectivity index is 0.00000133. The van der Waals surface area contributed by atoms with Gasteiger partial charge in [-0.1, -0.05) is 12.1 Å². The summed E-state index contributed by atoms with van der Waals surface area (Å²) in [5, 5.41) is 3.14. The lowest BCUT2D eigenvalue weighted by Gasteiger charge is -2.25. The van der Waals surface area contributed by atoms with E-state index in [0.717, 1.165) is 10.2 Å². The summed E-state index contributed by atoms with van der Waals surface area (Å²) in [6.45, 7) is 2.42. The number of benzene rings is 1. The van der Waals surface area contributed by atoms with Gasteiger partial charge in [-0.2, -0.15) is 4.31 Å². The number of nitrogens with one attached hydrogen (secondary N) is 1. The van der Waals surface area contributed by atoms with Crippen molar-refractivity contribution in [3.05, 3.63) is 24.3 Å². The van der Waals surface area contributed by atoms with Crippen molar-refractivity contribution in [2.45, 2.75) is 4.34 Å². The highest BCUT2D eigenvalue weighted by molar-refractivity contribution is 7.91. The quantitative estimate of drug-likeness (QED) is 0.906. The molecule has 8 heteroatoms. The lowest BCUT2D eigenvalue weighted by molar-refractivity contribution is 0.360. The molecular weight excluding hydrogens is 306 g/mol. The number of hydrogen-bond acceptors (Lipinski definition) is 5. The van der Waals surface area contributed by atoms with Crippen molar-refractivity contribution in [1.82, 2.24) is 14.6 Å². The van der Waals surface area contributed by atoms with Gasteiger partial charge in [0.15, 0.2) is 0 Å². The summed E-state index contributed by atoms with van der Waals surface area (Å²) in [7, 11) is -3.42. The van der Waals surface area contributed by atoms with Crippen molar-refractivity contribution in [1.29, 1.82) is 0 Å². The van der Waals surface area contributed by atoms with Crippen LogP contribution in [0.3, 0.4) is 0 Å². The van der Waals surface area contributed by atoms with Crippen LogP contribution >= 0.6 is 23.7 Å². The zero-order valence-electron chi connectivity index (χ0n) is 10.1. The van der Waals surface area contributed by atoms with Crippen LogP contribution in [-0.2, 0) is 10.0 Å².